The molecule has 0 radical (unpaired) electrons. The summed E-state index contributed by atoms with van der Waals surface area (Å²) in [6, 6.07) is 0.169. The maximum absolute atomic E-state index is 12.8. The van der Waals surface area contributed by atoms with E-state index < -0.39 is 12.7 Å². The van der Waals surface area contributed by atoms with Gasteiger partial charge in [-0.3, -0.25) is 9.58 Å². The van der Waals surface area contributed by atoms with Gasteiger partial charge in [0.2, 0.25) is 0 Å². The number of carbonyl (C=O) groups is 1. The number of fused-ring (bicyclic) bond motifs is 2. The van der Waals surface area contributed by atoms with Crippen molar-refractivity contribution < 1.29 is 23.6 Å². The monoisotopic (exact) mass is 419 g/mol. The molecule has 8 nitrogen and oxygen atoms in total. The summed E-state index contributed by atoms with van der Waals surface area (Å²) in [6.07, 6.45) is 5.15. The van der Waals surface area contributed by atoms with Crippen LogP contribution in [0.5, 0.6) is 0 Å². The molecule has 2 bridgehead atoms. The number of nitrogens with zero attached hydrogens (tertiary/aromatic N) is 3. The van der Waals surface area contributed by atoms with Gasteiger partial charge in [-0.05, 0) is 61.3 Å². The summed E-state index contributed by atoms with van der Waals surface area (Å²) < 4.78 is 25.7. The van der Waals surface area contributed by atoms with Crippen molar-refractivity contribution in [2.24, 2.45) is 0 Å². The van der Waals surface area contributed by atoms with E-state index in [1.807, 2.05) is 70.4 Å². The van der Waals surface area contributed by atoms with E-state index in [-0.39, 0.29) is 35.4 Å². The third-order valence-corrected chi connectivity index (χ3v) is 6.62. The predicted octanol–water partition coefficient (Wildman–Crippen LogP) is 2.52. The third-order valence-electron chi connectivity index (χ3n) is 6.62. The summed E-state index contributed by atoms with van der Waals surface area (Å²) in [5.41, 5.74) is -0.354. The van der Waals surface area contributed by atoms with E-state index in [0.29, 0.717) is 13.2 Å². The van der Waals surface area contributed by atoms with Crippen LogP contribution in [0.1, 0.15) is 67.3 Å². The van der Waals surface area contributed by atoms with E-state index in [1.54, 1.807) is 0 Å². The average molecular weight is 419 g/mol. The molecule has 2 atom stereocenters. The lowest BCUT2D eigenvalue weighted by Gasteiger charge is -2.48. The van der Waals surface area contributed by atoms with Gasteiger partial charge in [0.15, 0.2) is 0 Å². The average Bonchev–Trinajstić information content (AvgIpc) is 3.15. The van der Waals surface area contributed by atoms with Gasteiger partial charge >= 0.3 is 13.2 Å². The number of aromatic nitrogens is 2. The zero-order chi connectivity index (χ0) is 21.9. The number of hydrogen-bond donors (Lipinski definition) is 0. The minimum atomic E-state index is -0.511. The molecule has 4 heterocycles. The van der Waals surface area contributed by atoms with Crippen molar-refractivity contribution in [1.82, 2.24) is 14.7 Å². The molecule has 1 aromatic heterocycles. The van der Waals surface area contributed by atoms with Gasteiger partial charge in [0.1, 0.15) is 5.60 Å². The quantitative estimate of drug-likeness (QED) is 0.686. The highest BCUT2D eigenvalue weighted by atomic mass is 16.7. The summed E-state index contributed by atoms with van der Waals surface area (Å²) in [7, 11) is -0.423. The Labute approximate surface area is 179 Å². The van der Waals surface area contributed by atoms with E-state index in [4.69, 9.17) is 18.8 Å². The zero-order valence-corrected chi connectivity index (χ0v) is 19.2. The molecule has 30 heavy (non-hydrogen) atoms. The summed E-state index contributed by atoms with van der Waals surface area (Å²) >= 11 is 0. The van der Waals surface area contributed by atoms with Crippen LogP contribution < -0.4 is 5.46 Å². The standard InChI is InChI=1S/C21H34BN3O5/c1-19(2,3)28-18(26)25-16-8-15(9-17(25)13-27-12-16)24-11-14(10-23-24)22-29-20(4,5)21(6,7)30-22/h10-11,15-17H,8-9,12-13H2,1-7H3. The van der Waals surface area contributed by atoms with Gasteiger partial charge in [-0.15, -0.1) is 0 Å². The van der Waals surface area contributed by atoms with Crippen molar-refractivity contribution in [3.8, 4) is 0 Å². The molecule has 3 saturated heterocycles. The molecule has 4 rings (SSSR count). The number of amides is 1. The van der Waals surface area contributed by atoms with Crippen molar-refractivity contribution in [3.05, 3.63) is 12.4 Å². The first kappa shape index (κ1) is 21.6. The lowest BCUT2D eigenvalue weighted by atomic mass is 9.82. The van der Waals surface area contributed by atoms with Crippen molar-refractivity contribution >= 4 is 18.7 Å². The second-order valence-corrected chi connectivity index (χ2v) is 10.7. The number of rotatable bonds is 2. The zero-order valence-electron chi connectivity index (χ0n) is 19.2. The normalized spacial score (nSPS) is 30.4. The summed E-state index contributed by atoms with van der Waals surface area (Å²) in [6.45, 7) is 14.9. The highest BCUT2D eigenvalue weighted by Gasteiger charge is 2.52. The van der Waals surface area contributed by atoms with Crippen LogP contribution in [-0.4, -0.2) is 70.0 Å². The predicted molar refractivity (Wildman–Crippen MR) is 113 cm³/mol. The molecule has 3 aliphatic heterocycles. The second kappa shape index (κ2) is 7.24. The molecule has 166 valence electrons. The highest BCUT2D eigenvalue weighted by molar-refractivity contribution is 6.62. The first-order valence-electron chi connectivity index (χ1n) is 10.8. The lowest BCUT2D eigenvalue weighted by Crippen LogP contribution is -2.60. The van der Waals surface area contributed by atoms with E-state index in [9.17, 15) is 4.79 Å². The van der Waals surface area contributed by atoms with Crippen LogP contribution in [0.25, 0.3) is 0 Å². The molecule has 0 aliphatic carbocycles. The minimum absolute atomic E-state index is 0.0122. The van der Waals surface area contributed by atoms with Crippen molar-refractivity contribution in [3.63, 3.8) is 0 Å². The van der Waals surface area contributed by atoms with Gasteiger partial charge in [-0.25, -0.2) is 4.79 Å². The SMILES string of the molecule is CC(C)(C)OC(=O)N1C2COCC1CC(n1cc(B3OC(C)(C)C(C)(C)O3)cn1)C2. The Bertz CT molecular complexity index is 773. The van der Waals surface area contributed by atoms with Crippen LogP contribution in [0.15, 0.2) is 12.4 Å². The maximum atomic E-state index is 12.8. The Morgan fingerprint density at radius 3 is 2.20 bits per heavy atom. The van der Waals surface area contributed by atoms with E-state index in [2.05, 4.69) is 5.10 Å². The van der Waals surface area contributed by atoms with E-state index in [1.165, 1.54) is 0 Å². The Morgan fingerprint density at radius 1 is 1.10 bits per heavy atom. The van der Waals surface area contributed by atoms with E-state index >= 15 is 0 Å². The molecule has 0 N–H and O–H groups in total. The highest BCUT2D eigenvalue weighted by Crippen LogP contribution is 2.37. The van der Waals surface area contributed by atoms with Gasteiger partial charge in [0.25, 0.3) is 0 Å². The topological polar surface area (TPSA) is 75.0 Å². The number of hydrogen-bond acceptors (Lipinski definition) is 6. The van der Waals surface area contributed by atoms with Crippen molar-refractivity contribution in [1.29, 1.82) is 0 Å². The molecule has 0 aromatic carbocycles. The molecule has 9 heteroatoms. The van der Waals surface area contributed by atoms with Gasteiger partial charge in [-0.2, -0.15) is 5.10 Å². The van der Waals surface area contributed by atoms with Crippen LogP contribution in [-0.2, 0) is 18.8 Å². The molecule has 1 amide bonds. The Kier molecular flexibility index (Phi) is 5.23. The molecular weight excluding hydrogens is 385 g/mol. The number of ether oxygens (including phenoxy) is 2. The molecular formula is C21H34BN3O5. The fraction of sp³-hybridized carbons (Fsp3) is 0.810. The smallest absolute Gasteiger partial charge is 0.444 e. The fourth-order valence-corrected chi connectivity index (χ4v) is 4.37. The number of morpholine rings is 1. The molecule has 3 aliphatic rings. The molecule has 3 fully saturated rings. The van der Waals surface area contributed by atoms with Gasteiger partial charge in [-0.1, -0.05) is 0 Å². The second-order valence-electron chi connectivity index (χ2n) is 10.7. The summed E-state index contributed by atoms with van der Waals surface area (Å²) in [5, 5.41) is 4.62. The van der Waals surface area contributed by atoms with Gasteiger partial charge < -0.3 is 18.8 Å². The van der Waals surface area contributed by atoms with Crippen LogP contribution in [0.2, 0.25) is 0 Å². The third kappa shape index (κ3) is 3.99. The number of carbonyl (C=O) groups excluding carboxylic acids is 1. The van der Waals surface area contributed by atoms with Crippen LogP contribution in [0.4, 0.5) is 4.79 Å². The van der Waals surface area contributed by atoms with E-state index in [0.717, 1.165) is 18.3 Å². The van der Waals surface area contributed by atoms with Crippen molar-refractivity contribution in [2.45, 2.75) is 96.2 Å². The minimum Gasteiger partial charge on any atom is -0.444 e. The van der Waals surface area contributed by atoms with Gasteiger partial charge in [0.05, 0.1) is 42.5 Å². The first-order chi connectivity index (χ1) is 13.9. The number of piperidine rings is 1. The van der Waals surface area contributed by atoms with Gasteiger partial charge in [0, 0.05) is 17.9 Å². The van der Waals surface area contributed by atoms with Crippen LogP contribution in [0, 0.1) is 0 Å². The Hall–Kier alpha value is -1.58. The Balaban J connectivity index is 1.47. The first-order valence-corrected chi connectivity index (χ1v) is 10.8. The Morgan fingerprint density at radius 2 is 1.67 bits per heavy atom. The largest absolute Gasteiger partial charge is 0.498 e. The molecule has 1 aromatic rings. The lowest BCUT2D eigenvalue weighted by molar-refractivity contribution is -0.0886. The fourth-order valence-electron chi connectivity index (χ4n) is 4.37. The van der Waals surface area contributed by atoms with Crippen molar-refractivity contribution in [2.75, 3.05) is 13.2 Å². The molecule has 0 saturated carbocycles. The summed E-state index contributed by atoms with van der Waals surface area (Å²) in [5.74, 6) is 0. The molecule has 0 spiro atoms. The molecule has 2 unspecified atom stereocenters. The summed E-state index contributed by atoms with van der Waals surface area (Å²) in [4.78, 5) is 14.6. The van der Waals surface area contributed by atoms with Crippen LogP contribution >= 0.6 is 0 Å². The van der Waals surface area contributed by atoms with Crippen LogP contribution in [0.3, 0.4) is 0 Å². The maximum Gasteiger partial charge on any atom is 0.498 e.